The van der Waals surface area contributed by atoms with Gasteiger partial charge in [0, 0.05) is 40.9 Å². The molecule has 1 aromatic heterocycles. The predicted octanol–water partition coefficient (Wildman–Crippen LogP) is 4.20. The molecule has 1 unspecified atom stereocenters. The van der Waals surface area contributed by atoms with E-state index in [0.717, 1.165) is 31.4 Å². The Balaban J connectivity index is 1.48. The van der Waals surface area contributed by atoms with Crippen molar-refractivity contribution < 1.29 is 18.4 Å². The largest absolute Gasteiger partial charge is 0.346 e. The summed E-state index contributed by atoms with van der Waals surface area (Å²) in [6.45, 7) is 2.89. The van der Waals surface area contributed by atoms with Crippen molar-refractivity contribution in [2.24, 2.45) is 0 Å². The van der Waals surface area contributed by atoms with Gasteiger partial charge >= 0.3 is 0 Å². The molecular formula is C21H22Br2F2N4O2. The molecule has 1 aromatic carbocycles. The van der Waals surface area contributed by atoms with Gasteiger partial charge in [-0.25, -0.2) is 8.78 Å². The number of rotatable bonds is 5. The minimum absolute atomic E-state index is 0.232. The molecule has 2 aliphatic rings. The Hall–Kier alpha value is -1.81. The number of aryl methyl sites for hydroxylation is 1. The van der Waals surface area contributed by atoms with Crippen molar-refractivity contribution in [3.05, 3.63) is 50.2 Å². The smallest absolute Gasteiger partial charge is 0.273 e. The van der Waals surface area contributed by atoms with Gasteiger partial charge in [0.1, 0.15) is 11.6 Å². The van der Waals surface area contributed by atoms with E-state index >= 15 is 0 Å². The average Bonchev–Trinajstić information content (AvgIpc) is 3.25. The molecule has 0 radical (unpaired) electrons. The monoisotopic (exact) mass is 558 g/mol. The van der Waals surface area contributed by atoms with Crippen LogP contribution in [0.3, 0.4) is 0 Å². The number of aromatic nitrogens is 2. The van der Waals surface area contributed by atoms with Gasteiger partial charge in [0.05, 0.1) is 10.9 Å². The van der Waals surface area contributed by atoms with Crippen LogP contribution in [0.4, 0.5) is 8.78 Å². The summed E-state index contributed by atoms with van der Waals surface area (Å²) in [5.41, 5.74) is -0.283. The van der Waals surface area contributed by atoms with Gasteiger partial charge in [0.25, 0.3) is 5.91 Å². The van der Waals surface area contributed by atoms with Crippen molar-refractivity contribution in [1.82, 2.24) is 20.0 Å². The molecule has 1 saturated carbocycles. The molecule has 0 bridgehead atoms. The molecule has 10 heteroatoms. The third-order valence-corrected chi connectivity index (χ3v) is 7.25. The number of benzene rings is 1. The van der Waals surface area contributed by atoms with Crippen molar-refractivity contribution in [3.8, 4) is 0 Å². The van der Waals surface area contributed by atoms with Crippen LogP contribution in [0, 0.1) is 11.6 Å². The van der Waals surface area contributed by atoms with Crippen molar-refractivity contribution >= 4 is 43.7 Å². The standard InChI is InChI=1S/C21H22Br2F2N4O2/c1-2-28-11-15(23)19(27-28)20(31)26-13-9-21(4-3-5-21)29(10-13)18(30)8-14-16(24)6-12(22)7-17(14)25/h6-7,11,13H,2-5,8-10H2,1H3,(H,26,31). The Morgan fingerprint density at radius 1 is 1.26 bits per heavy atom. The van der Waals surface area contributed by atoms with Crippen molar-refractivity contribution in [1.29, 1.82) is 0 Å². The highest BCUT2D eigenvalue weighted by molar-refractivity contribution is 9.10. The Labute approximate surface area is 195 Å². The average molecular weight is 560 g/mol. The molecule has 1 aliphatic carbocycles. The highest BCUT2D eigenvalue weighted by atomic mass is 79.9. The summed E-state index contributed by atoms with van der Waals surface area (Å²) in [5, 5.41) is 7.25. The van der Waals surface area contributed by atoms with Gasteiger partial charge in [0.15, 0.2) is 5.69 Å². The van der Waals surface area contributed by atoms with E-state index in [1.54, 1.807) is 15.8 Å². The number of nitrogens with one attached hydrogen (secondary N) is 1. The van der Waals surface area contributed by atoms with E-state index in [-0.39, 0.29) is 39.9 Å². The Morgan fingerprint density at radius 2 is 1.94 bits per heavy atom. The molecule has 1 spiro atoms. The highest BCUT2D eigenvalue weighted by Crippen LogP contribution is 2.46. The maximum atomic E-state index is 14.2. The van der Waals surface area contributed by atoms with E-state index in [2.05, 4.69) is 42.3 Å². The normalized spacial score (nSPS) is 19.5. The van der Waals surface area contributed by atoms with Gasteiger partial charge in [-0.15, -0.1) is 0 Å². The molecule has 2 fully saturated rings. The number of carbonyl (C=O) groups is 2. The number of hydrogen-bond donors (Lipinski definition) is 1. The minimum Gasteiger partial charge on any atom is -0.346 e. The number of amides is 2. The summed E-state index contributed by atoms with van der Waals surface area (Å²) in [6.07, 6.45) is 4.66. The van der Waals surface area contributed by atoms with Crippen molar-refractivity contribution in [3.63, 3.8) is 0 Å². The summed E-state index contributed by atoms with van der Waals surface area (Å²) in [4.78, 5) is 27.5. The zero-order chi connectivity index (χ0) is 22.3. The van der Waals surface area contributed by atoms with E-state index < -0.39 is 11.6 Å². The maximum absolute atomic E-state index is 14.2. The molecule has 166 valence electrons. The first kappa shape index (κ1) is 22.4. The van der Waals surface area contributed by atoms with E-state index in [9.17, 15) is 18.4 Å². The van der Waals surface area contributed by atoms with Crippen molar-refractivity contribution in [2.45, 2.75) is 57.2 Å². The first-order valence-corrected chi connectivity index (χ1v) is 11.8. The van der Waals surface area contributed by atoms with Gasteiger partial charge in [-0.3, -0.25) is 14.3 Å². The first-order chi connectivity index (χ1) is 14.7. The van der Waals surface area contributed by atoms with E-state index in [0.29, 0.717) is 29.7 Å². The lowest BCUT2D eigenvalue weighted by atomic mass is 9.74. The molecule has 6 nitrogen and oxygen atoms in total. The highest BCUT2D eigenvalue weighted by Gasteiger charge is 2.51. The topological polar surface area (TPSA) is 67.2 Å². The second-order valence-electron chi connectivity index (χ2n) is 8.16. The number of nitrogens with zero attached hydrogens (tertiary/aromatic N) is 3. The van der Waals surface area contributed by atoms with Gasteiger partial charge in [-0.1, -0.05) is 15.9 Å². The molecular weight excluding hydrogens is 538 g/mol. The predicted molar refractivity (Wildman–Crippen MR) is 118 cm³/mol. The fourth-order valence-corrected chi connectivity index (χ4v) is 5.42. The molecule has 2 heterocycles. The van der Waals surface area contributed by atoms with Crippen LogP contribution in [0.2, 0.25) is 0 Å². The zero-order valence-electron chi connectivity index (χ0n) is 16.9. The number of carbonyl (C=O) groups excluding carboxylic acids is 2. The molecule has 4 rings (SSSR count). The van der Waals surface area contributed by atoms with Crippen LogP contribution >= 0.6 is 31.9 Å². The van der Waals surface area contributed by atoms with Crippen LogP contribution in [0.5, 0.6) is 0 Å². The number of likely N-dealkylation sites (tertiary alicyclic amines) is 1. The van der Waals surface area contributed by atoms with Gasteiger partial charge in [-0.2, -0.15) is 5.10 Å². The minimum atomic E-state index is -0.747. The van der Waals surface area contributed by atoms with Crippen LogP contribution in [-0.2, 0) is 17.8 Å². The zero-order valence-corrected chi connectivity index (χ0v) is 20.1. The second kappa shape index (κ2) is 8.61. The Bertz CT molecular complexity index is 1020. The quantitative estimate of drug-likeness (QED) is 0.597. The Kier molecular flexibility index (Phi) is 6.22. The van der Waals surface area contributed by atoms with E-state index in [1.807, 2.05) is 6.92 Å². The SMILES string of the molecule is CCn1cc(Br)c(C(=O)NC2CN(C(=O)Cc3c(F)cc(Br)cc3F)C3(CCC3)C2)n1. The number of hydrogen-bond acceptors (Lipinski definition) is 3. The van der Waals surface area contributed by atoms with Crippen molar-refractivity contribution in [2.75, 3.05) is 6.54 Å². The molecule has 2 amide bonds. The lowest BCUT2D eigenvalue weighted by Gasteiger charge is -2.45. The van der Waals surface area contributed by atoms with Gasteiger partial charge in [-0.05, 0) is 60.7 Å². The fourth-order valence-electron chi connectivity index (χ4n) is 4.52. The van der Waals surface area contributed by atoms with E-state index in [1.165, 1.54) is 0 Å². The number of halogens is 4. The van der Waals surface area contributed by atoms with Crippen LogP contribution in [-0.4, -0.2) is 44.6 Å². The molecule has 31 heavy (non-hydrogen) atoms. The van der Waals surface area contributed by atoms with Gasteiger partial charge in [0.2, 0.25) is 5.91 Å². The van der Waals surface area contributed by atoms with Gasteiger partial charge < -0.3 is 10.2 Å². The lowest BCUT2D eigenvalue weighted by Crippen LogP contribution is -2.52. The first-order valence-electron chi connectivity index (χ1n) is 10.2. The third kappa shape index (κ3) is 4.28. The van der Waals surface area contributed by atoms with Crippen LogP contribution in [0.25, 0.3) is 0 Å². The summed E-state index contributed by atoms with van der Waals surface area (Å²) in [5.74, 6) is -2.13. The summed E-state index contributed by atoms with van der Waals surface area (Å²) < 4.78 is 31.0. The Morgan fingerprint density at radius 3 is 2.48 bits per heavy atom. The second-order valence-corrected chi connectivity index (χ2v) is 9.93. The summed E-state index contributed by atoms with van der Waals surface area (Å²) in [7, 11) is 0. The summed E-state index contributed by atoms with van der Waals surface area (Å²) in [6, 6.07) is 2.07. The molecule has 1 aliphatic heterocycles. The lowest BCUT2D eigenvalue weighted by molar-refractivity contribution is -0.137. The molecule has 2 aromatic rings. The fraction of sp³-hybridized carbons (Fsp3) is 0.476. The van der Waals surface area contributed by atoms with Crippen LogP contribution in [0.15, 0.2) is 27.3 Å². The van der Waals surface area contributed by atoms with Crippen LogP contribution in [0.1, 0.15) is 48.7 Å². The molecule has 1 atom stereocenters. The molecule has 1 N–H and O–H groups in total. The maximum Gasteiger partial charge on any atom is 0.273 e. The van der Waals surface area contributed by atoms with E-state index in [4.69, 9.17) is 0 Å². The van der Waals surface area contributed by atoms with Crippen LogP contribution < -0.4 is 5.32 Å². The summed E-state index contributed by atoms with van der Waals surface area (Å²) >= 11 is 6.42. The molecule has 1 saturated heterocycles. The third-order valence-electron chi connectivity index (χ3n) is 6.21.